The van der Waals surface area contributed by atoms with Crippen LogP contribution in [0.25, 0.3) is 11.2 Å². The van der Waals surface area contributed by atoms with E-state index in [1.807, 2.05) is 0 Å². The summed E-state index contributed by atoms with van der Waals surface area (Å²) in [6.07, 6.45) is 2.79. The molecule has 0 amide bonds. The molecule has 2 aromatic rings. The maximum atomic E-state index is 15.3. The fourth-order valence-corrected chi connectivity index (χ4v) is 3.08. The SMILES string of the molecule is C[C@]1(F)[C@H](n2cnc3c(NC4CC4)ncnc32)O[C@H](CO)[C@@]1(C)O. The molecular formula is C15H20FN5O3. The maximum absolute atomic E-state index is 15.3. The van der Waals surface area contributed by atoms with Crippen molar-refractivity contribution in [3.63, 3.8) is 0 Å². The molecule has 4 atom stereocenters. The van der Waals surface area contributed by atoms with E-state index in [0.717, 1.165) is 12.8 Å². The van der Waals surface area contributed by atoms with Crippen molar-refractivity contribution in [3.8, 4) is 0 Å². The molecule has 2 aromatic heterocycles. The minimum atomic E-state index is -2.14. The molecule has 0 aromatic carbocycles. The molecule has 0 bridgehead atoms. The van der Waals surface area contributed by atoms with Crippen LogP contribution in [0.3, 0.4) is 0 Å². The Morgan fingerprint density at radius 1 is 1.38 bits per heavy atom. The number of anilines is 1. The monoisotopic (exact) mass is 337 g/mol. The van der Waals surface area contributed by atoms with E-state index in [1.54, 1.807) is 0 Å². The van der Waals surface area contributed by atoms with Gasteiger partial charge in [0.2, 0.25) is 0 Å². The van der Waals surface area contributed by atoms with Crippen molar-refractivity contribution in [2.24, 2.45) is 0 Å². The number of imidazole rings is 1. The molecular weight excluding hydrogens is 317 g/mol. The van der Waals surface area contributed by atoms with Crippen LogP contribution in [0.15, 0.2) is 12.7 Å². The number of aromatic nitrogens is 4. The Bertz CT molecular complexity index is 774. The average Bonchev–Trinajstić information content (AvgIpc) is 3.21. The fraction of sp³-hybridized carbons (Fsp3) is 0.667. The summed E-state index contributed by atoms with van der Waals surface area (Å²) in [5.74, 6) is 0.602. The third-order valence-electron chi connectivity index (χ3n) is 5.07. The first-order valence-corrected chi connectivity index (χ1v) is 7.98. The first-order chi connectivity index (χ1) is 11.4. The molecule has 4 rings (SSSR count). The Morgan fingerprint density at radius 3 is 2.75 bits per heavy atom. The molecule has 9 heteroatoms. The van der Waals surface area contributed by atoms with Crippen molar-refractivity contribution in [1.29, 1.82) is 0 Å². The van der Waals surface area contributed by atoms with Gasteiger partial charge in [0.1, 0.15) is 18.0 Å². The van der Waals surface area contributed by atoms with Crippen molar-refractivity contribution in [2.75, 3.05) is 11.9 Å². The predicted molar refractivity (Wildman–Crippen MR) is 83.1 cm³/mol. The van der Waals surface area contributed by atoms with Gasteiger partial charge in [-0.15, -0.1) is 0 Å². The van der Waals surface area contributed by atoms with Gasteiger partial charge in [-0.25, -0.2) is 19.3 Å². The van der Waals surface area contributed by atoms with E-state index in [9.17, 15) is 10.2 Å². The number of aliphatic hydroxyl groups is 2. The lowest BCUT2D eigenvalue weighted by atomic mass is 9.85. The van der Waals surface area contributed by atoms with Crippen molar-refractivity contribution in [1.82, 2.24) is 19.5 Å². The molecule has 8 nitrogen and oxygen atoms in total. The molecule has 2 fully saturated rings. The van der Waals surface area contributed by atoms with Crippen molar-refractivity contribution in [2.45, 2.75) is 56.3 Å². The highest BCUT2D eigenvalue weighted by molar-refractivity contribution is 5.83. The molecule has 0 unspecified atom stereocenters. The molecule has 1 saturated carbocycles. The third kappa shape index (κ3) is 2.11. The molecule has 3 N–H and O–H groups in total. The van der Waals surface area contributed by atoms with Crippen LogP contribution in [0.5, 0.6) is 0 Å². The first-order valence-electron chi connectivity index (χ1n) is 7.98. The van der Waals surface area contributed by atoms with Crippen LogP contribution in [0.4, 0.5) is 10.2 Å². The summed E-state index contributed by atoms with van der Waals surface area (Å²) < 4.78 is 22.3. The number of hydrogen-bond donors (Lipinski definition) is 3. The number of aliphatic hydroxyl groups excluding tert-OH is 1. The van der Waals surface area contributed by atoms with Gasteiger partial charge in [-0.2, -0.15) is 0 Å². The highest BCUT2D eigenvalue weighted by Crippen LogP contribution is 2.48. The number of hydrogen-bond acceptors (Lipinski definition) is 7. The Morgan fingerprint density at radius 2 is 2.12 bits per heavy atom. The second-order valence-corrected chi connectivity index (χ2v) is 6.85. The molecule has 0 spiro atoms. The molecule has 1 saturated heterocycles. The zero-order valence-corrected chi connectivity index (χ0v) is 13.5. The smallest absolute Gasteiger partial charge is 0.183 e. The molecule has 130 valence electrons. The number of rotatable bonds is 4. The highest BCUT2D eigenvalue weighted by Gasteiger charge is 2.63. The third-order valence-corrected chi connectivity index (χ3v) is 5.07. The van der Waals surface area contributed by atoms with E-state index >= 15 is 4.39 Å². The summed E-state index contributed by atoms with van der Waals surface area (Å²) in [6, 6.07) is 0.391. The second-order valence-electron chi connectivity index (χ2n) is 6.85. The molecule has 3 heterocycles. The van der Waals surface area contributed by atoms with Gasteiger partial charge in [0, 0.05) is 6.04 Å². The fourth-order valence-electron chi connectivity index (χ4n) is 3.08. The Hall–Kier alpha value is -1.84. The number of fused-ring (bicyclic) bond motifs is 1. The first kappa shape index (κ1) is 15.7. The van der Waals surface area contributed by atoms with E-state index in [1.165, 1.54) is 31.1 Å². The Kier molecular flexibility index (Phi) is 3.32. The van der Waals surface area contributed by atoms with E-state index < -0.39 is 30.2 Å². The lowest BCUT2D eigenvalue weighted by Crippen LogP contribution is -2.51. The molecule has 1 aliphatic carbocycles. The lowest BCUT2D eigenvalue weighted by molar-refractivity contribution is -0.0891. The van der Waals surface area contributed by atoms with Gasteiger partial charge in [0.15, 0.2) is 28.9 Å². The van der Waals surface area contributed by atoms with Gasteiger partial charge in [0.05, 0.1) is 12.9 Å². The standard InChI is InChI=1S/C15H20FN5O3/c1-14(16)13(24-9(5-22)15(14,2)23)21-7-19-10-11(20-8-3-4-8)17-6-18-12(10)21/h6-9,13,22-23H,3-5H2,1-2H3,(H,17,18,20)/t9-,13-,14+,15-/m1/s1. The van der Waals surface area contributed by atoms with Crippen molar-refractivity contribution in [3.05, 3.63) is 12.7 Å². The number of ether oxygens (including phenoxy) is 1. The largest absolute Gasteiger partial charge is 0.394 e. The van der Waals surface area contributed by atoms with Crippen LogP contribution in [-0.2, 0) is 4.74 Å². The second kappa shape index (κ2) is 5.08. The summed E-state index contributed by atoms with van der Waals surface area (Å²) in [6.45, 7) is 2.09. The summed E-state index contributed by atoms with van der Waals surface area (Å²) >= 11 is 0. The van der Waals surface area contributed by atoms with E-state index in [4.69, 9.17) is 4.74 Å². The normalized spacial score (nSPS) is 36.4. The molecule has 2 aliphatic rings. The van der Waals surface area contributed by atoms with Crippen LogP contribution < -0.4 is 5.32 Å². The minimum Gasteiger partial charge on any atom is -0.394 e. The van der Waals surface area contributed by atoms with Crippen LogP contribution in [0.1, 0.15) is 32.9 Å². The predicted octanol–water partition coefficient (Wildman–Crippen LogP) is 0.769. The minimum absolute atomic E-state index is 0.391. The average molecular weight is 337 g/mol. The Labute approximate surface area is 137 Å². The zero-order valence-electron chi connectivity index (χ0n) is 13.5. The van der Waals surface area contributed by atoms with Gasteiger partial charge >= 0.3 is 0 Å². The summed E-state index contributed by atoms with van der Waals surface area (Å²) in [7, 11) is 0. The summed E-state index contributed by atoms with van der Waals surface area (Å²) in [5.41, 5.74) is -3.04. The van der Waals surface area contributed by atoms with E-state index in [0.29, 0.717) is 23.0 Å². The topological polar surface area (TPSA) is 105 Å². The summed E-state index contributed by atoms with van der Waals surface area (Å²) in [4.78, 5) is 12.7. The molecule has 1 aliphatic heterocycles. The number of nitrogens with one attached hydrogen (secondary N) is 1. The van der Waals surface area contributed by atoms with Crippen LogP contribution in [0.2, 0.25) is 0 Å². The van der Waals surface area contributed by atoms with Gasteiger partial charge in [-0.05, 0) is 26.7 Å². The highest BCUT2D eigenvalue weighted by atomic mass is 19.1. The van der Waals surface area contributed by atoms with E-state index in [2.05, 4.69) is 20.3 Å². The summed E-state index contributed by atoms with van der Waals surface area (Å²) in [5, 5.41) is 23.1. The van der Waals surface area contributed by atoms with Gasteiger partial charge in [-0.3, -0.25) is 4.57 Å². The lowest BCUT2D eigenvalue weighted by Gasteiger charge is -2.32. The van der Waals surface area contributed by atoms with E-state index in [-0.39, 0.29) is 0 Å². The molecule has 0 radical (unpaired) electrons. The van der Waals surface area contributed by atoms with Crippen LogP contribution >= 0.6 is 0 Å². The van der Waals surface area contributed by atoms with Crippen LogP contribution in [0, 0.1) is 0 Å². The van der Waals surface area contributed by atoms with Crippen molar-refractivity contribution < 1.29 is 19.3 Å². The van der Waals surface area contributed by atoms with Gasteiger partial charge in [0.25, 0.3) is 0 Å². The van der Waals surface area contributed by atoms with Gasteiger partial charge in [-0.1, -0.05) is 0 Å². The number of nitrogens with zero attached hydrogens (tertiary/aromatic N) is 4. The van der Waals surface area contributed by atoms with Gasteiger partial charge < -0.3 is 20.3 Å². The Balaban J connectivity index is 1.77. The van der Waals surface area contributed by atoms with Crippen LogP contribution in [-0.4, -0.2) is 59.8 Å². The quantitative estimate of drug-likeness (QED) is 0.757. The number of alkyl halides is 1. The maximum Gasteiger partial charge on any atom is 0.183 e. The molecule has 24 heavy (non-hydrogen) atoms. The number of halogens is 1. The van der Waals surface area contributed by atoms with Crippen molar-refractivity contribution >= 4 is 17.0 Å². The zero-order chi connectivity index (χ0) is 17.1.